The molecule has 2 aromatic rings. The second-order valence-electron chi connectivity index (χ2n) is 4.21. The van der Waals surface area contributed by atoms with Gasteiger partial charge >= 0.3 is 0 Å². The average molecular weight is 235 g/mol. The van der Waals surface area contributed by atoms with Crippen molar-refractivity contribution in [3.05, 3.63) is 17.5 Å². The maximum atomic E-state index is 5.35. The first-order valence-corrected chi connectivity index (χ1v) is 5.56. The molecule has 0 fully saturated rings. The molecule has 0 unspecified atom stereocenters. The minimum absolute atomic E-state index is 0.354. The largest absolute Gasteiger partial charge is 0.482 e. The van der Waals surface area contributed by atoms with Gasteiger partial charge < -0.3 is 9.47 Å². The Bertz CT molecular complexity index is 546. The van der Waals surface area contributed by atoms with Crippen molar-refractivity contribution in [1.82, 2.24) is 14.4 Å². The molecule has 0 atom stereocenters. The Morgan fingerprint density at radius 1 is 1.18 bits per heavy atom. The Hall–Kier alpha value is -1.78. The summed E-state index contributed by atoms with van der Waals surface area (Å²) in [6.07, 6.45) is 0. The zero-order chi connectivity index (χ0) is 12.6. The van der Waals surface area contributed by atoms with Crippen molar-refractivity contribution < 1.29 is 9.47 Å². The van der Waals surface area contributed by atoms with E-state index < -0.39 is 0 Å². The first-order valence-electron chi connectivity index (χ1n) is 5.56. The highest BCUT2D eigenvalue weighted by Gasteiger charge is 2.16. The summed E-state index contributed by atoms with van der Waals surface area (Å²) in [7, 11) is 3.21. The number of fused-ring (bicyclic) bond motifs is 1. The van der Waals surface area contributed by atoms with E-state index in [1.165, 1.54) is 0 Å². The lowest BCUT2D eigenvalue weighted by molar-refractivity contribution is 0.369. The van der Waals surface area contributed by atoms with Crippen molar-refractivity contribution in [2.24, 2.45) is 0 Å². The smallest absolute Gasteiger partial charge is 0.240 e. The summed E-state index contributed by atoms with van der Waals surface area (Å²) in [5, 5.41) is 0. The van der Waals surface area contributed by atoms with Crippen LogP contribution in [0.2, 0.25) is 0 Å². The number of methoxy groups -OCH3 is 2. The topological polar surface area (TPSA) is 48.7 Å². The van der Waals surface area contributed by atoms with Gasteiger partial charge in [0.2, 0.25) is 17.5 Å². The summed E-state index contributed by atoms with van der Waals surface area (Å²) >= 11 is 0. The molecule has 0 saturated heterocycles. The molecule has 0 aromatic carbocycles. The minimum Gasteiger partial charge on any atom is -0.482 e. The fourth-order valence-electron chi connectivity index (χ4n) is 1.94. The Morgan fingerprint density at radius 3 is 2.41 bits per heavy atom. The average Bonchev–Trinajstić information content (AvgIpc) is 2.65. The minimum atomic E-state index is 0.354. The summed E-state index contributed by atoms with van der Waals surface area (Å²) in [6.45, 7) is 6.24. The van der Waals surface area contributed by atoms with E-state index in [0.29, 0.717) is 23.5 Å². The van der Waals surface area contributed by atoms with Crippen LogP contribution in [0, 0.1) is 6.92 Å². The summed E-state index contributed by atoms with van der Waals surface area (Å²) < 4.78 is 12.4. The second-order valence-corrected chi connectivity index (χ2v) is 4.21. The number of nitrogens with zero attached hydrogens (tertiary/aromatic N) is 3. The van der Waals surface area contributed by atoms with Crippen molar-refractivity contribution in [3.63, 3.8) is 0 Å². The maximum absolute atomic E-state index is 5.35. The van der Waals surface area contributed by atoms with E-state index in [2.05, 4.69) is 23.8 Å². The van der Waals surface area contributed by atoms with Gasteiger partial charge in [0.05, 0.1) is 26.0 Å². The molecule has 5 nitrogen and oxygen atoms in total. The van der Waals surface area contributed by atoms with Crippen LogP contribution in [0.25, 0.3) is 5.78 Å². The van der Waals surface area contributed by atoms with Crippen LogP contribution in [-0.4, -0.2) is 28.6 Å². The quantitative estimate of drug-likeness (QED) is 0.818. The third-order valence-corrected chi connectivity index (χ3v) is 2.77. The van der Waals surface area contributed by atoms with Gasteiger partial charge in [0, 0.05) is 5.69 Å². The van der Waals surface area contributed by atoms with Crippen molar-refractivity contribution in [2.45, 2.75) is 26.7 Å². The lowest BCUT2D eigenvalue weighted by Crippen LogP contribution is -2.00. The van der Waals surface area contributed by atoms with Gasteiger partial charge in [-0.15, -0.1) is 0 Å². The molecule has 0 amide bonds. The molecule has 0 N–H and O–H groups in total. The molecule has 0 radical (unpaired) electrons. The molecule has 5 heteroatoms. The molecule has 2 rings (SSSR count). The Kier molecular flexibility index (Phi) is 2.92. The van der Waals surface area contributed by atoms with Crippen molar-refractivity contribution in [1.29, 1.82) is 0 Å². The van der Waals surface area contributed by atoms with Gasteiger partial charge in [-0.05, 0) is 12.8 Å². The molecule has 92 valence electrons. The molecular formula is C12H17N3O2. The Labute approximate surface area is 100 Å². The molecule has 0 aliphatic heterocycles. The van der Waals surface area contributed by atoms with Crippen LogP contribution in [0.15, 0.2) is 6.07 Å². The van der Waals surface area contributed by atoms with Gasteiger partial charge in [0.1, 0.15) is 0 Å². The molecule has 0 aliphatic rings. The van der Waals surface area contributed by atoms with Crippen LogP contribution in [0.4, 0.5) is 0 Å². The number of hydrogen-bond donors (Lipinski definition) is 0. The third kappa shape index (κ3) is 1.81. The Morgan fingerprint density at radius 2 is 1.88 bits per heavy atom. The summed E-state index contributed by atoms with van der Waals surface area (Å²) in [6, 6.07) is 1.76. The SMILES string of the molecule is COc1cc(OC)n2c(C)c(C(C)C)nc2n1. The maximum Gasteiger partial charge on any atom is 0.240 e. The number of aryl methyl sites for hydroxylation is 1. The molecular weight excluding hydrogens is 218 g/mol. The normalized spacial score (nSPS) is 11.2. The van der Waals surface area contributed by atoms with Gasteiger partial charge in [-0.1, -0.05) is 13.8 Å². The predicted molar refractivity (Wildman–Crippen MR) is 64.9 cm³/mol. The van der Waals surface area contributed by atoms with Gasteiger partial charge in [0.15, 0.2) is 0 Å². The number of rotatable bonds is 3. The van der Waals surface area contributed by atoms with Crippen LogP contribution >= 0.6 is 0 Å². The van der Waals surface area contributed by atoms with Crippen LogP contribution in [0.5, 0.6) is 11.8 Å². The first-order chi connectivity index (χ1) is 8.08. The number of ether oxygens (including phenoxy) is 2. The van der Waals surface area contributed by atoms with Gasteiger partial charge in [-0.25, -0.2) is 4.98 Å². The molecule has 0 aliphatic carbocycles. The first kappa shape index (κ1) is 11.7. The zero-order valence-corrected chi connectivity index (χ0v) is 10.8. The highest BCUT2D eigenvalue weighted by Crippen LogP contribution is 2.26. The molecule has 17 heavy (non-hydrogen) atoms. The molecule has 0 spiro atoms. The number of hydrogen-bond acceptors (Lipinski definition) is 4. The van der Waals surface area contributed by atoms with Crippen LogP contribution in [0.3, 0.4) is 0 Å². The van der Waals surface area contributed by atoms with Crippen molar-refractivity contribution in [2.75, 3.05) is 14.2 Å². The fourth-order valence-corrected chi connectivity index (χ4v) is 1.94. The second kappa shape index (κ2) is 4.24. The van der Waals surface area contributed by atoms with Crippen molar-refractivity contribution in [3.8, 4) is 11.8 Å². The summed E-state index contributed by atoms with van der Waals surface area (Å²) in [4.78, 5) is 8.84. The lowest BCUT2D eigenvalue weighted by Gasteiger charge is -2.07. The summed E-state index contributed by atoms with van der Waals surface area (Å²) in [5.41, 5.74) is 2.09. The monoisotopic (exact) mass is 235 g/mol. The van der Waals surface area contributed by atoms with Crippen molar-refractivity contribution >= 4 is 5.78 Å². The number of imidazole rings is 1. The summed E-state index contributed by atoms with van der Waals surface area (Å²) in [5.74, 6) is 2.16. The fraction of sp³-hybridized carbons (Fsp3) is 0.500. The third-order valence-electron chi connectivity index (χ3n) is 2.77. The van der Waals surface area contributed by atoms with Crippen LogP contribution in [0.1, 0.15) is 31.2 Å². The van der Waals surface area contributed by atoms with Crippen LogP contribution < -0.4 is 9.47 Å². The van der Waals surface area contributed by atoms with E-state index in [-0.39, 0.29) is 0 Å². The van der Waals surface area contributed by atoms with E-state index in [1.807, 2.05) is 11.3 Å². The van der Waals surface area contributed by atoms with E-state index in [4.69, 9.17) is 9.47 Å². The van der Waals surface area contributed by atoms with Crippen LogP contribution in [-0.2, 0) is 0 Å². The predicted octanol–water partition coefficient (Wildman–Crippen LogP) is 2.18. The zero-order valence-electron chi connectivity index (χ0n) is 10.8. The standard InChI is InChI=1S/C12H17N3O2/c1-7(2)11-8(3)15-10(17-5)6-9(16-4)13-12(15)14-11/h6-7H,1-5H3. The molecule has 2 aromatic heterocycles. The van der Waals surface area contributed by atoms with Gasteiger partial charge in [0.25, 0.3) is 0 Å². The Balaban J connectivity index is 2.76. The highest BCUT2D eigenvalue weighted by molar-refractivity contribution is 5.43. The molecule has 0 bridgehead atoms. The van der Waals surface area contributed by atoms with E-state index >= 15 is 0 Å². The molecule has 0 saturated carbocycles. The van der Waals surface area contributed by atoms with Gasteiger partial charge in [-0.2, -0.15) is 4.98 Å². The van der Waals surface area contributed by atoms with E-state index in [1.54, 1.807) is 20.3 Å². The van der Waals surface area contributed by atoms with Gasteiger partial charge in [-0.3, -0.25) is 4.40 Å². The van der Waals surface area contributed by atoms with E-state index in [9.17, 15) is 0 Å². The lowest BCUT2D eigenvalue weighted by atomic mass is 10.1. The molecule has 2 heterocycles. The number of aromatic nitrogens is 3. The van der Waals surface area contributed by atoms with E-state index in [0.717, 1.165) is 11.4 Å². The highest BCUT2D eigenvalue weighted by atomic mass is 16.5.